The SMILES string of the molecule is COCCOc1ccc(C(=O)NCCN)cc1.Cl. The van der Waals surface area contributed by atoms with Gasteiger partial charge in [-0.2, -0.15) is 0 Å². The predicted octanol–water partition coefficient (Wildman–Crippen LogP) is 0.822. The molecule has 1 aromatic carbocycles. The summed E-state index contributed by atoms with van der Waals surface area (Å²) in [7, 11) is 1.62. The normalized spacial score (nSPS) is 9.44. The zero-order valence-corrected chi connectivity index (χ0v) is 11.2. The summed E-state index contributed by atoms with van der Waals surface area (Å²) in [6.45, 7) is 1.95. The smallest absolute Gasteiger partial charge is 0.251 e. The van der Waals surface area contributed by atoms with Crippen LogP contribution in [0, 0.1) is 0 Å². The van der Waals surface area contributed by atoms with E-state index in [1.807, 2.05) is 0 Å². The Hall–Kier alpha value is -1.30. The van der Waals surface area contributed by atoms with Crippen molar-refractivity contribution in [2.45, 2.75) is 0 Å². The third kappa shape index (κ3) is 5.86. The van der Waals surface area contributed by atoms with E-state index in [0.717, 1.165) is 5.75 Å². The summed E-state index contributed by atoms with van der Waals surface area (Å²) in [4.78, 5) is 11.5. The maximum Gasteiger partial charge on any atom is 0.251 e. The molecule has 18 heavy (non-hydrogen) atoms. The van der Waals surface area contributed by atoms with Gasteiger partial charge in [0.25, 0.3) is 5.91 Å². The first-order valence-corrected chi connectivity index (χ1v) is 5.48. The molecular weight excluding hydrogens is 256 g/mol. The van der Waals surface area contributed by atoms with Crippen LogP contribution in [-0.2, 0) is 4.74 Å². The van der Waals surface area contributed by atoms with Gasteiger partial charge in [0.1, 0.15) is 12.4 Å². The lowest BCUT2D eigenvalue weighted by Gasteiger charge is -2.07. The van der Waals surface area contributed by atoms with E-state index in [2.05, 4.69) is 5.32 Å². The van der Waals surface area contributed by atoms with Gasteiger partial charge in [-0.25, -0.2) is 0 Å². The average Bonchev–Trinajstić information content (AvgIpc) is 2.37. The lowest BCUT2D eigenvalue weighted by Crippen LogP contribution is -2.28. The van der Waals surface area contributed by atoms with Crippen LogP contribution in [0.4, 0.5) is 0 Å². The Balaban J connectivity index is 0.00000289. The van der Waals surface area contributed by atoms with Crippen LogP contribution in [0.1, 0.15) is 10.4 Å². The molecule has 0 heterocycles. The molecule has 0 aliphatic heterocycles. The Morgan fingerprint density at radius 2 is 1.94 bits per heavy atom. The third-order valence-electron chi connectivity index (χ3n) is 2.10. The summed E-state index contributed by atoms with van der Waals surface area (Å²) >= 11 is 0. The summed E-state index contributed by atoms with van der Waals surface area (Å²) in [6.07, 6.45) is 0. The van der Waals surface area contributed by atoms with Gasteiger partial charge >= 0.3 is 0 Å². The van der Waals surface area contributed by atoms with Gasteiger partial charge < -0.3 is 20.5 Å². The molecule has 0 bridgehead atoms. The van der Waals surface area contributed by atoms with E-state index in [9.17, 15) is 4.79 Å². The average molecular weight is 275 g/mol. The molecule has 6 heteroatoms. The lowest BCUT2D eigenvalue weighted by atomic mass is 10.2. The van der Waals surface area contributed by atoms with Gasteiger partial charge in [0.15, 0.2) is 0 Å². The van der Waals surface area contributed by atoms with Crippen molar-refractivity contribution < 1.29 is 14.3 Å². The molecule has 0 saturated carbocycles. The highest BCUT2D eigenvalue weighted by Gasteiger charge is 2.04. The minimum absolute atomic E-state index is 0. The Kier molecular flexibility index (Phi) is 9.00. The number of benzene rings is 1. The molecule has 1 amide bonds. The lowest BCUT2D eigenvalue weighted by molar-refractivity contribution is 0.0954. The molecule has 0 saturated heterocycles. The Morgan fingerprint density at radius 1 is 1.28 bits per heavy atom. The first-order valence-electron chi connectivity index (χ1n) is 5.48. The molecule has 0 aliphatic carbocycles. The number of carbonyl (C=O) groups is 1. The highest BCUT2D eigenvalue weighted by molar-refractivity contribution is 5.94. The standard InChI is InChI=1S/C12H18N2O3.ClH/c1-16-8-9-17-11-4-2-10(3-5-11)12(15)14-7-6-13;/h2-5H,6-9,13H2,1H3,(H,14,15);1H. The number of carbonyl (C=O) groups excluding carboxylic acids is 1. The second kappa shape index (κ2) is 9.70. The number of amides is 1. The highest BCUT2D eigenvalue weighted by Crippen LogP contribution is 2.11. The van der Waals surface area contributed by atoms with Crippen molar-refractivity contribution in [2.75, 3.05) is 33.4 Å². The number of halogens is 1. The van der Waals surface area contributed by atoms with Crippen molar-refractivity contribution >= 4 is 18.3 Å². The molecule has 0 spiro atoms. The fraction of sp³-hybridized carbons (Fsp3) is 0.417. The van der Waals surface area contributed by atoms with Gasteiger partial charge in [0.2, 0.25) is 0 Å². The molecule has 0 fully saturated rings. The van der Waals surface area contributed by atoms with Gasteiger partial charge in [-0.15, -0.1) is 12.4 Å². The Bertz CT molecular complexity index is 344. The van der Waals surface area contributed by atoms with E-state index in [0.29, 0.717) is 31.9 Å². The Morgan fingerprint density at radius 3 is 2.50 bits per heavy atom. The quantitative estimate of drug-likeness (QED) is 0.722. The van der Waals surface area contributed by atoms with Gasteiger partial charge in [-0.1, -0.05) is 0 Å². The fourth-order valence-electron chi connectivity index (χ4n) is 1.23. The van der Waals surface area contributed by atoms with Crippen molar-refractivity contribution in [1.82, 2.24) is 5.32 Å². The van der Waals surface area contributed by atoms with Crippen LogP contribution in [0.2, 0.25) is 0 Å². The number of methoxy groups -OCH3 is 1. The number of hydrogen-bond donors (Lipinski definition) is 2. The summed E-state index contributed by atoms with van der Waals surface area (Å²) in [5.41, 5.74) is 5.90. The van der Waals surface area contributed by atoms with Crippen LogP contribution in [0.25, 0.3) is 0 Å². The van der Waals surface area contributed by atoms with Gasteiger partial charge in [0.05, 0.1) is 6.61 Å². The molecule has 1 rings (SSSR count). The molecule has 0 unspecified atom stereocenters. The van der Waals surface area contributed by atoms with Crippen LogP contribution >= 0.6 is 12.4 Å². The summed E-state index contributed by atoms with van der Waals surface area (Å²) in [6, 6.07) is 6.95. The van der Waals surface area contributed by atoms with Crippen LogP contribution < -0.4 is 15.8 Å². The van der Waals surface area contributed by atoms with Crippen molar-refractivity contribution in [3.63, 3.8) is 0 Å². The largest absolute Gasteiger partial charge is 0.491 e. The van der Waals surface area contributed by atoms with E-state index in [4.69, 9.17) is 15.2 Å². The van der Waals surface area contributed by atoms with Crippen molar-refractivity contribution in [2.24, 2.45) is 5.73 Å². The van der Waals surface area contributed by atoms with E-state index in [1.54, 1.807) is 31.4 Å². The molecule has 1 aromatic rings. The molecule has 102 valence electrons. The second-order valence-corrected chi connectivity index (χ2v) is 3.41. The van der Waals surface area contributed by atoms with E-state index in [-0.39, 0.29) is 18.3 Å². The molecule has 3 N–H and O–H groups in total. The number of nitrogens with two attached hydrogens (primary N) is 1. The topological polar surface area (TPSA) is 73.6 Å². The zero-order valence-electron chi connectivity index (χ0n) is 10.3. The van der Waals surface area contributed by atoms with E-state index < -0.39 is 0 Å². The molecule has 0 radical (unpaired) electrons. The molecule has 5 nitrogen and oxygen atoms in total. The summed E-state index contributed by atoms with van der Waals surface area (Å²) in [5, 5.41) is 2.70. The van der Waals surface area contributed by atoms with Crippen molar-refractivity contribution in [3.8, 4) is 5.75 Å². The van der Waals surface area contributed by atoms with Crippen LogP contribution in [0.5, 0.6) is 5.75 Å². The second-order valence-electron chi connectivity index (χ2n) is 3.41. The number of hydrogen-bond acceptors (Lipinski definition) is 4. The van der Waals surface area contributed by atoms with Crippen LogP contribution in [0.3, 0.4) is 0 Å². The van der Waals surface area contributed by atoms with E-state index in [1.165, 1.54) is 0 Å². The monoisotopic (exact) mass is 274 g/mol. The molecule has 0 aromatic heterocycles. The maximum atomic E-state index is 11.5. The predicted molar refractivity (Wildman–Crippen MR) is 72.4 cm³/mol. The number of nitrogens with one attached hydrogen (secondary N) is 1. The summed E-state index contributed by atoms with van der Waals surface area (Å²) in [5.74, 6) is 0.594. The molecular formula is C12H19ClN2O3. The van der Waals surface area contributed by atoms with Crippen molar-refractivity contribution in [3.05, 3.63) is 29.8 Å². The molecule has 0 atom stereocenters. The highest BCUT2D eigenvalue weighted by atomic mass is 35.5. The van der Waals surface area contributed by atoms with Gasteiger partial charge in [-0.3, -0.25) is 4.79 Å². The van der Waals surface area contributed by atoms with Gasteiger partial charge in [-0.05, 0) is 24.3 Å². The zero-order chi connectivity index (χ0) is 12.5. The minimum Gasteiger partial charge on any atom is -0.491 e. The molecule has 0 aliphatic rings. The Labute approximate surface area is 113 Å². The fourth-order valence-corrected chi connectivity index (χ4v) is 1.23. The van der Waals surface area contributed by atoms with E-state index >= 15 is 0 Å². The number of ether oxygens (including phenoxy) is 2. The van der Waals surface area contributed by atoms with Crippen LogP contribution in [-0.4, -0.2) is 39.3 Å². The van der Waals surface area contributed by atoms with Crippen LogP contribution in [0.15, 0.2) is 24.3 Å². The minimum atomic E-state index is -0.126. The first-order chi connectivity index (χ1) is 8.27. The summed E-state index contributed by atoms with van der Waals surface area (Å²) < 4.78 is 10.3. The maximum absolute atomic E-state index is 11.5. The van der Waals surface area contributed by atoms with Crippen molar-refractivity contribution in [1.29, 1.82) is 0 Å². The van der Waals surface area contributed by atoms with Gasteiger partial charge in [0, 0.05) is 25.8 Å². The number of rotatable bonds is 7. The first kappa shape index (κ1) is 16.7. The third-order valence-corrected chi connectivity index (χ3v) is 2.10.